The van der Waals surface area contributed by atoms with E-state index in [1.165, 1.54) is 0 Å². The lowest BCUT2D eigenvalue weighted by molar-refractivity contribution is -0.118. The van der Waals surface area contributed by atoms with E-state index in [2.05, 4.69) is 64.7 Å². The number of hydrogen-bond donors (Lipinski definition) is 2. The van der Waals surface area contributed by atoms with Crippen LogP contribution >= 0.6 is 24.5 Å². The lowest BCUT2D eigenvalue weighted by Crippen LogP contribution is -2.39. The predicted molar refractivity (Wildman–Crippen MR) is 255 cm³/mol. The topological polar surface area (TPSA) is 171 Å². The first-order valence-corrected chi connectivity index (χ1v) is 23.6. The third-order valence-corrected chi connectivity index (χ3v) is 13.8. The minimum Gasteiger partial charge on any atom is -0.497 e. The normalized spacial score (nSPS) is 16.7. The molecular formula is C49H54BrN6O9P. The Bertz CT molecular complexity index is 2570. The van der Waals surface area contributed by atoms with Crippen molar-refractivity contribution in [3.63, 3.8) is 0 Å². The van der Waals surface area contributed by atoms with E-state index >= 15 is 0 Å². The van der Waals surface area contributed by atoms with Crippen LogP contribution in [-0.4, -0.2) is 83.4 Å². The molecule has 15 nitrogen and oxygen atoms in total. The zero-order valence-corrected chi connectivity index (χ0v) is 40.2. The second-order valence-corrected chi connectivity index (χ2v) is 18.2. The molecule has 0 saturated carbocycles. The number of nitriles is 1. The van der Waals surface area contributed by atoms with Crippen molar-refractivity contribution in [2.45, 2.75) is 76.7 Å². The SMILES string of the molecule is COc1ccc(C(OC[C@H]2O[C@@H](n3c(Br)cc4c(=O)[nH]c(NC(=O)COc5ccccc5)nc43)C[C@@H]2OP(OCCC#N)N(C(C)C)C(C)C)(c2ccccc2)c2ccc(OC)cc2)cc1. The molecule has 1 unspecified atom stereocenters. The van der Waals surface area contributed by atoms with Gasteiger partial charge in [0.15, 0.2) is 12.3 Å². The number of nitrogens with zero attached hydrogens (tertiary/aromatic N) is 4. The zero-order valence-electron chi connectivity index (χ0n) is 37.7. The first-order chi connectivity index (χ1) is 31.9. The Labute approximate surface area is 394 Å². The molecule has 17 heteroatoms. The van der Waals surface area contributed by atoms with Gasteiger partial charge in [-0.05, 0) is 103 Å². The van der Waals surface area contributed by atoms with Gasteiger partial charge in [-0.25, -0.2) is 4.67 Å². The first-order valence-electron chi connectivity index (χ1n) is 21.6. The number of H-pyrrole nitrogens is 1. The minimum atomic E-state index is -1.73. The summed E-state index contributed by atoms with van der Waals surface area (Å²) >= 11 is 3.69. The number of hydrogen-bond acceptors (Lipinski definition) is 12. The van der Waals surface area contributed by atoms with E-state index in [1.807, 2.05) is 84.9 Å². The number of rotatable bonds is 21. The summed E-state index contributed by atoms with van der Waals surface area (Å²) in [5.74, 6) is 1.33. The van der Waals surface area contributed by atoms with Gasteiger partial charge in [0.2, 0.25) is 5.95 Å². The molecule has 1 saturated heterocycles. The smallest absolute Gasteiger partial charge is 0.264 e. The van der Waals surface area contributed by atoms with E-state index in [9.17, 15) is 14.9 Å². The van der Waals surface area contributed by atoms with Crippen LogP contribution in [0, 0.1) is 11.3 Å². The van der Waals surface area contributed by atoms with Crippen LogP contribution in [0.1, 0.15) is 63.5 Å². The minimum absolute atomic E-state index is 0.0202. The number of para-hydroxylation sites is 1. The molecule has 1 fully saturated rings. The molecule has 1 aliphatic rings. The molecule has 0 radical (unpaired) electrons. The Hall–Kier alpha value is -5.63. The van der Waals surface area contributed by atoms with Crippen LogP contribution in [-0.2, 0) is 28.9 Å². The maximum atomic E-state index is 13.6. The highest BCUT2D eigenvalue weighted by molar-refractivity contribution is 9.10. The Morgan fingerprint density at radius 1 is 0.924 bits per heavy atom. The number of anilines is 1. The lowest BCUT2D eigenvalue weighted by atomic mass is 9.80. The molecule has 4 atom stereocenters. The molecular weight excluding hydrogens is 927 g/mol. The van der Waals surface area contributed by atoms with Crippen LogP contribution in [0.3, 0.4) is 0 Å². The quantitative estimate of drug-likeness (QED) is 0.0398. The highest BCUT2D eigenvalue weighted by Crippen LogP contribution is 2.51. The number of aromatic amines is 1. The number of halogens is 1. The van der Waals surface area contributed by atoms with Gasteiger partial charge in [-0.1, -0.05) is 72.8 Å². The molecule has 0 aliphatic carbocycles. The standard InChI is InChI=1S/C49H54BrN6O9P/c1-32(2)56(33(3)4)66(63-27-13-26-51)65-41-29-45(55-43(50)28-40-46(55)53-48(54-47(40)58)52-44(57)31-61-39-16-11-8-12-17-39)64-42(41)30-62-49(34-14-9-7-10-15-34,35-18-22-37(59-5)23-19-35)36-20-24-38(60-6)25-21-36/h7-12,14-25,28,32-33,41-42,45H,13,27,29-31H2,1-6H3,(H2,52,53,54,57,58)/t41-,42+,45+,66?/m0/s1. The van der Waals surface area contributed by atoms with Crippen molar-refractivity contribution in [1.82, 2.24) is 19.2 Å². The number of aromatic nitrogens is 3. The van der Waals surface area contributed by atoms with Crippen LogP contribution in [0.4, 0.5) is 5.95 Å². The molecule has 66 heavy (non-hydrogen) atoms. The summed E-state index contributed by atoms with van der Waals surface area (Å²) in [4.78, 5) is 34.0. The van der Waals surface area contributed by atoms with Crippen LogP contribution in [0.25, 0.3) is 11.0 Å². The predicted octanol–water partition coefficient (Wildman–Crippen LogP) is 9.48. The van der Waals surface area contributed by atoms with Crippen molar-refractivity contribution >= 4 is 47.3 Å². The summed E-state index contributed by atoms with van der Waals surface area (Å²) in [5.41, 5.74) is 1.18. The first kappa shape index (κ1) is 48.3. The van der Waals surface area contributed by atoms with Crippen LogP contribution in [0.5, 0.6) is 17.2 Å². The number of nitrogens with one attached hydrogen (secondary N) is 2. The van der Waals surface area contributed by atoms with E-state index in [-0.39, 0.29) is 61.7 Å². The molecule has 2 N–H and O–H groups in total. The number of methoxy groups -OCH3 is 2. The number of amides is 1. The Morgan fingerprint density at radius 2 is 1.52 bits per heavy atom. The van der Waals surface area contributed by atoms with Crippen molar-refractivity contribution in [2.24, 2.45) is 0 Å². The van der Waals surface area contributed by atoms with Crippen molar-refractivity contribution in [1.29, 1.82) is 5.26 Å². The molecule has 7 rings (SSSR count). The molecule has 3 heterocycles. The maximum Gasteiger partial charge on any atom is 0.264 e. The molecule has 1 amide bonds. The second kappa shape index (κ2) is 22.2. The summed E-state index contributed by atoms with van der Waals surface area (Å²) in [5, 5.41) is 12.4. The Kier molecular flexibility index (Phi) is 16.3. The van der Waals surface area contributed by atoms with Gasteiger partial charge in [-0.15, -0.1) is 0 Å². The highest BCUT2D eigenvalue weighted by Gasteiger charge is 2.45. The summed E-state index contributed by atoms with van der Waals surface area (Å²) in [7, 11) is 1.53. The molecule has 1 aliphatic heterocycles. The van der Waals surface area contributed by atoms with E-state index in [1.54, 1.807) is 49.1 Å². The average Bonchev–Trinajstić information content (AvgIpc) is 3.88. The molecule has 4 aromatic carbocycles. The van der Waals surface area contributed by atoms with Crippen molar-refractivity contribution in [3.05, 3.63) is 147 Å². The number of benzene rings is 4. The zero-order chi connectivity index (χ0) is 46.8. The third-order valence-electron chi connectivity index (χ3n) is 11.0. The third kappa shape index (κ3) is 11.0. The second-order valence-electron chi connectivity index (χ2n) is 16.0. The molecule has 0 spiro atoms. The Morgan fingerprint density at radius 3 is 2.09 bits per heavy atom. The number of ether oxygens (including phenoxy) is 5. The number of fused-ring (bicyclic) bond motifs is 1. The van der Waals surface area contributed by atoms with Gasteiger partial charge in [0, 0.05) is 18.5 Å². The average molecular weight is 982 g/mol. The van der Waals surface area contributed by atoms with Gasteiger partial charge in [-0.3, -0.25) is 24.5 Å². The Balaban J connectivity index is 1.29. The van der Waals surface area contributed by atoms with Gasteiger partial charge in [0.1, 0.15) is 35.2 Å². The van der Waals surface area contributed by atoms with E-state index in [0.29, 0.717) is 21.9 Å². The molecule has 6 aromatic rings. The van der Waals surface area contributed by atoms with Gasteiger partial charge in [-0.2, -0.15) is 10.2 Å². The summed E-state index contributed by atoms with van der Waals surface area (Å²) in [6.07, 6.45) is -1.63. The van der Waals surface area contributed by atoms with Crippen LogP contribution < -0.4 is 25.1 Å². The molecule has 2 aromatic heterocycles. The fourth-order valence-electron chi connectivity index (χ4n) is 8.05. The van der Waals surface area contributed by atoms with E-state index < -0.39 is 44.0 Å². The fraction of sp³-hybridized carbons (Fsp3) is 0.347. The van der Waals surface area contributed by atoms with E-state index in [0.717, 1.165) is 16.7 Å². The van der Waals surface area contributed by atoms with Gasteiger partial charge in [0.05, 0.1) is 56.0 Å². The lowest BCUT2D eigenvalue weighted by Gasteiger charge is -2.39. The maximum absolute atomic E-state index is 13.6. The van der Waals surface area contributed by atoms with E-state index in [4.69, 9.17) is 37.7 Å². The van der Waals surface area contributed by atoms with Crippen LogP contribution in [0.15, 0.2) is 125 Å². The summed E-state index contributed by atoms with van der Waals surface area (Å²) in [6, 6.07) is 38.4. The monoisotopic (exact) mass is 980 g/mol. The number of carbonyl (C=O) groups is 1. The van der Waals surface area contributed by atoms with Crippen molar-refractivity contribution < 1.29 is 37.5 Å². The van der Waals surface area contributed by atoms with Crippen molar-refractivity contribution in [3.8, 4) is 23.3 Å². The van der Waals surface area contributed by atoms with Gasteiger partial charge in [0.25, 0.3) is 20.0 Å². The molecule has 346 valence electrons. The summed E-state index contributed by atoms with van der Waals surface area (Å²) < 4.78 is 49.1. The molecule has 0 bridgehead atoms. The number of carbonyl (C=O) groups excluding carboxylic acids is 1. The van der Waals surface area contributed by atoms with Crippen LogP contribution in [0.2, 0.25) is 0 Å². The van der Waals surface area contributed by atoms with Crippen molar-refractivity contribution in [2.75, 3.05) is 39.4 Å². The summed E-state index contributed by atoms with van der Waals surface area (Å²) in [6.45, 7) is 8.21. The largest absolute Gasteiger partial charge is 0.497 e. The fourth-order valence-corrected chi connectivity index (χ4v) is 10.4. The highest BCUT2D eigenvalue weighted by atomic mass is 79.9. The van der Waals surface area contributed by atoms with Gasteiger partial charge < -0.3 is 32.7 Å². The van der Waals surface area contributed by atoms with Gasteiger partial charge >= 0.3 is 0 Å².